The van der Waals surface area contributed by atoms with Crippen molar-refractivity contribution < 1.29 is 19.2 Å². The van der Waals surface area contributed by atoms with Crippen LogP contribution in [0.2, 0.25) is 0 Å². The molecular formula is C11H15N3O4. The molecule has 0 unspecified atom stereocenters. The second-order valence-corrected chi connectivity index (χ2v) is 4.46. The van der Waals surface area contributed by atoms with Gasteiger partial charge < -0.3 is 19.8 Å². The summed E-state index contributed by atoms with van der Waals surface area (Å²) in [5, 5.41) is 15.1. The monoisotopic (exact) mass is 253 g/mol. The zero-order valence-electron chi connectivity index (χ0n) is 10.0. The number of aryl methyl sites for hydroxylation is 1. The number of rotatable bonds is 4. The number of likely N-dealkylation sites (tertiary alicyclic amines) is 1. The molecule has 98 valence electrons. The van der Waals surface area contributed by atoms with Gasteiger partial charge in [-0.15, -0.1) is 0 Å². The Morgan fingerprint density at radius 1 is 1.61 bits per heavy atom. The maximum Gasteiger partial charge on any atom is 0.317 e. The molecule has 2 heterocycles. The Morgan fingerprint density at radius 2 is 2.33 bits per heavy atom. The van der Waals surface area contributed by atoms with Crippen molar-refractivity contribution in [2.75, 3.05) is 13.1 Å². The molecule has 1 aromatic rings. The van der Waals surface area contributed by atoms with Crippen LogP contribution in [0.3, 0.4) is 0 Å². The number of nitrogens with zero attached hydrogens (tertiary/aromatic N) is 2. The molecular weight excluding hydrogens is 238 g/mol. The standard InChI is InChI=1S/C11H15N3O4/c1-7-2-9(13-18-7)4-12-11(17)14-5-8(6-14)3-10(15)16/h2,8H,3-6H2,1H3,(H,12,17)(H,15,16). The zero-order chi connectivity index (χ0) is 13.1. The molecule has 7 heteroatoms. The predicted octanol–water partition coefficient (Wildman–Crippen LogP) is 0.599. The summed E-state index contributed by atoms with van der Waals surface area (Å²) in [6.45, 7) is 3.09. The van der Waals surface area contributed by atoms with E-state index >= 15 is 0 Å². The maximum atomic E-state index is 11.6. The van der Waals surface area contributed by atoms with Gasteiger partial charge in [-0.2, -0.15) is 0 Å². The van der Waals surface area contributed by atoms with Gasteiger partial charge in [0, 0.05) is 25.1 Å². The maximum absolute atomic E-state index is 11.6. The molecule has 2 rings (SSSR count). The van der Waals surface area contributed by atoms with Crippen LogP contribution in [-0.2, 0) is 11.3 Å². The summed E-state index contributed by atoms with van der Waals surface area (Å²) in [6, 6.07) is 1.56. The lowest BCUT2D eigenvalue weighted by Gasteiger charge is -2.38. The number of carbonyl (C=O) groups is 2. The van der Waals surface area contributed by atoms with Crippen molar-refractivity contribution in [2.45, 2.75) is 19.9 Å². The van der Waals surface area contributed by atoms with Crippen molar-refractivity contribution in [3.8, 4) is 0 Å². The number of aliphatic carboxylic acids is 1. The van der Waals surface area contributed by atoms with Gasteiger partial charge in [0.1, 0.15) is 11.5 Å². The van der Waals surface area contributed by atoms with Gasteiger partial charge >= 0.3 is 12.0 Å². The van der Waals surface area contributed by atoms with Gasteiger partial charge in [-0.25, -0.2) is 4.79 Å². The largest absolute Gasteiger partial charge is 0.481 e. The van der Waals surface area contributed by atoms with E-state index < -0.39 is 5.97 Å². The van der Waals surface area contributed by atoms with Gasteiger partial charge in [-0.05, 0) is 6.92 Å². The number of nitrogens with one attached hydrogen (secondary N) is 1. The van der Waals surface area contributed by atoms with Crippen LogP contribution in [-0.4, -0.2) is 40.3 Å². The highest BCUT2D eigenvalue weighted by atomic mass is 16.5. The molecule has 1 saturated heterocycles. The number of carboxylic acids is 1. The lowest BCUT2D eigenvalue weighted by molar-refractivity contribution is -0.139. The molecule has 0 bridgehead atoms. The highest BCUT2D eigenvalue weighted by molar-refractivity contribution is 5.75. The molecule has 2 N–H and O–H groups in total. The average Bonchev–Trinajstić information content (AvgIpc) is 2.65. The summed E-state index contributed by atoms with van der Waals surface area (Å²) in [5.74, 6) is -0.0506. The fraction of sp³-hybridized carbons (Fsp3) is 0.545. The molecule has 18 heavy (non-hydrogen) atoms. The highest BCUT2D eigenvalue weighted by Crippen LogP contribution is 2.18. The fourth-order valence-electron chi connectivity index (χ4n) is 1.89. The normalized spacial score (nSPS) is 15.3. The molecule has 1 aliphatic heterocycles. The molecule has 1 fully saturated rings. The van der Waals surface area contributed by atoms with Gasteiger partial charge in [0.15, 0.2) is 0 Å². The molecule has 0 radical (unpaired) electrons. The smallest absolute Gasteiger partial charge is 0.317 e. The predicted molar refractivity (Wildman–Crippen MR) is 60.8 cm³/mol. The average molecular weight is 253 g/mol. The summed E-state index contributed by atoms with van der Waals surface area (Å²) >= 11 is 0. The van der Waals surface area contributed by atoms with Gasteiger partial charge in [0.05, 0.1) is 13.0 Å². The first-order valence-corrected chi connectivity index (χ1v) is 5.71. The van der Waals surface area contributed by atoms with E-state index in [0.717, 1.165) is 0 Å². The van der Waals surface area contributed by atoms with E-state index in [-0.39, 0.29) is 18.4 Å². The highest BCUT2D eigenvalue weighted by Gasteiger charge is 2.31. The van der Waals surface area contributed by atoms with Crippen LogP contribution >= 0.6 is 0 Å². The molecule has 0 saturated carbocycles. The number of amides is 2. The molecule has 0 spiro atoms. The third kappa shape index (κ3) is 2.99. The lowest BCUT2D eigenvalue weighted by Crippen LogP contribution is -2.54. The van der Waals surface area contributed by atoms with E-state index in [1.165, 1.54) is 0 Å². The minimum Gasteiger partial charge on any atom is -0.481 e. The molecule has 0 atom stereocenters. The van der Waals surface area contributed by atoms with Gasteiger partial charge in [-0.3, -0.25) is 4.79 Å². The van der Waals surface area contributed by atoms with Crippen LogP contribution in [0.5, 0.6) is 0 Å². The minimum atomic E-state index is -0.821. The van der Waals surface area contributed by atoms with Crippen LogP contribution in [0.4, 0.5) is 4.79 Å². The Balaban J connectivity index is 1.69. The van der Waals surface area contributed by atoms with Gasteiger partial charge in [0.25, 0.3) is 0 Å². The van der Waals surface area contributed by atoms with Crippen molar-refractivity contribution in [1.82, 2.24) is 15.4 Å². The van der Waals surface area contributed by atoms with Gasteiger partial charge in [0.2, 0.25) is 0 Å². The van der Waals surface area contributed by atoms with Crippen LogP contribution < -0.4 is 5.32 Å². The third-order valence-corrected chi connectivity index (χ3v) is 2.81. The second kappa shape index (κ2) is 5.07. The van der Waals surface area contributed by atoms with Crippen LogP contribution in [0.1, 0.15) is 17.9 Å². The summed E-state index contributed by atoms with van der Waals surface area (Å²) in [7, 11) is 0. The number of hydrogen-bond acceptors (Lipinski definition) is 4. The van der Waals surface area contributed by atoms with Crippen molar-refractivity contribution in [1.29, 1.82) is 0 Å². The number of carboxylic acid groups (broad SMARTS) is 1. The molecule has 7 nitrogen and oxygen atoms in total. The quantitative estimate of drug-likeness (QED) is 0.819. The van der Waals surface area contributed by atoms with Crippen LogP contribution in [0.15, 0.2) is 10.6 Å². The van der Waals surface area contributed by atoms with Gasteiger partial charge in [-0.1, -0.05) is 5.16 Å². The Morgan fingerprint density at radius 3 is 2.89 bits per heavy atom. The topological polar surface area (TPSA) is 95.7 Å². The SMILES string of the molecule is Cc1cc(CNC(=O)N2CC(CC(=O)O)C2)no1. The Kier molecular flexibility index (Phi) is 3.50. The Labute approximate surface area is 104 Å². The van der Waals surface area contributed by atoms with Crippen molar-refractivity contribution >= 4 is 12.0 Å². The number of urea groups is 1. The molecule has 0 aliphatic carbocycles. The number of hydrogen-bond donors (Lipinski definition) is 2. The fourth-order valence-corrected chi connectivity index (χ4v) is 1.89. The van der Waals surface area contributed by atoms with E-state index in [2.05, 4.69) is 10.5 Å². The molecule has 2 amide bonds. The first kappa shape index (κ1) is 12.4. The summed E-state index contributed by atoms with van der Waals surface area (Å²) in [4.78, 5) is 23.7. The number of carbonyl (C=O) groups excluding carboxylic acids is 1. The molecule has 1 aromatic heterocycles. The second-order valence-electron chi connectivity index (χ2n) is 4.46. The zero-order valence-corrected chi connectivity index (χ0v) is 10.0. The Hall–Kier alpha value is -2.05. The van der Waals surface area contributed by atoms with Crippen molar-refractivity contribution in [2.24, 2.45) is 5.92 Å². The van der Waals surface area contributed by atoms with Crippen molar-refractivity contribution in [3.05, 3.63) is 17.5 Å². The first-order chi connectivity index (χ1) is 8.54. The lowest BCUT2D eigenvalue weighted by atomic mass is 9.97. The van der Waals surface area contributed by atoms with E-state index in [1.807, 2.05) is 0 Å². The van der Waals surface area contributed by atoms with E-state index in [1.54, 1.807) is 17.9 Å². The van der Waals surface area contributed by atoms with E-state index in [4.69, 9.17) is 9.63 Å². The van der Waals surface area contributed by atoms with Crippen LogP contribution in [0, 0.1) is 12.8 Å². The first-order valence-electron chi connectivity index (χ1n) is 5.71. The van der Waals surface area contributed by atoms with E-state index in [0.29, 0.717) is 31.1 Å². The minimum absolute atomic E-state index is 0.0718. The summed E-state index contributed by atoms with van der Waals surface area (Å²) in [5.41, 5.74) is 0.670. The summed E-state index contributed by atoms with van der Waals surface area (Å²) in [6.07, 6.45) is 0.117. The Bertz CT molecular complexity index is 451. The van der Waals surface area contributed by atoms with E-state index in [9.17, 15) is 9.59 Å². The third-order valence-electron chi connectivity index (χ3n) is 2.81. The molecule has 0 aromatic carbocycles. The van der Waals surface area contributed by atoms with Crippen molar-refractivity contribution in [3.63, 3.8) is 0 Å². The van der Waals surface area contributed by atoms with Crippen LogP contribution in [0.25, 0.3) is 0 Å². The summed E-state index contributed by atoms with van der Waals surface area (Å²) < 4.78 is 4.88. The number of aromatic nitrogens is 1. The molecule has 1 aliphatic rings.